The molecule has 0 heterocycles. The molecule has 1 atom stereocenters. The van der Waals surface area contributed by atoms with E-state index in [0.717, 1.165) is 31.3 Å². The standard InChI is InChI=1S/C14H29NO/c1-3-5-13-7-9-14(10-8-13)15-11-4-6-12(2)16/h12-16H,3-11H2,1-2H3. The number of rotatable bonds is 7. The Kier molecular flexibility index (Phi) is 7.06. The van der Waals surface area contributed by atoms with Crippen molar-refractivity contribution in [3.8, 4) is 0 Å². The predicted molar refractivity (Wildman–Crippen MR) is 69.6 cm³/mol. The first-order chi connectivity index (χ1) is 7.72. The van der Waals surface area contributed by atoms with Gasteiger partial charge in [0.05, 0.1) is 6.10 Å². The molecule has 16 heavy (non-hydrogen) atoms. The fourth-order valence-corrected chi connectivity index (χ4v) is 2.77. The minimum Gasteiger partial charge on any atom is -0.393 e. The first kappa shape index (κ1) is 14.0. The summed E-state index contributed by atoms with van der Waals surface area (Å²) < 4.78 is 0. The fraction of sp³-hybridized carbons (Fsp3) is 1.00. The summed E-state index contributed by atoms with van der Waals surface area (Å²) in [5.74, 6) is 1.00. The first-order valence-electron chi connectivity index (χ1n) is 7.13. The Labute approximate surface area is 101 Å². The Morgan fingerprint density at radius 2 is 1.94 bits per heavy atom. The second-order valence-corrected chi connectivity index (χ2v) is 5.45. The number of hydrogen-bond acceptors (Lipinski definition) is 2. The average molecular weight is 227 g/mol. The monoisotopic (exact) mass is 227 g/mol. The maximum absolute atomic E-state index is 9.16. The van der Waals surface area contributed by atoms with Gasteiger partial charge in [0.1, 0.15) is 0 Å². The van der Waals surface area contributed by atoms with E-state index in [1.165, 1.54) is 38.5 Å². The van der Waals surface area contributed by atoms with E-state index in [2.05, 4.69) is 12.2 Å². The lowest BCUT2D eigenvalue weighted by molar-refractivity contribution is 0.179. The van der Waals surface area contributed by atoms with Crippen LogP contribution in [0.2, 0.25) is 0 Å². The molecule has 1 rings (SSSR count). The van der Waals surface area contributed by atoms with E-state index < -0.39 is 0 Å². The minimum atomic E-state index is -0.137. The van der Waals surface area contributed by atoms with Gasteiger partial charge in [-0.2, -0.15) is 0 Å². The molecule has 0 aromatic heterocycles. The van der Waals surface area contributed by atoms with Gasteiger partial charge in [0, 0.05) is 6.04 Å². The lowest BCUT2D eigenvalue weighted by Gasteiger charge is -2.29. The molecule has 0 aromatic rings. The zero-order valence-corrected chi connectivity index (χ0v) is 11.0. The van der Waals surface area contributed by atoms with Crippen molar-refractivity contribution in [3.63, 3.8) is 0 Å². The summed E-state index contributed by atoms with van der Waals surface area (Å²) in [5.41, 5.74) is 0. The molecule has 0 radical (unpaired) electrons. The van der Waals surface area contributed by atoms with Crippen LogP contribution in [-0.4, -0.2) is 23.8 Å². The summed E-state index contributed by atoms with van der Waals surface area (Å²) in [6.45, 7) is 5.24. The normalized spacial score (nSPS) is 27.9. The van der Waals surface area contributed by atoms with Gasteiger partial charge >= 0.3 is 0 Å². The van der Waals surface area contributed by atoms with E-state index in [-0.39, 0.29) is 6.10 Å². The Morgan fingerprint density at radius 3 is 2.50 bits per heavy atom. The summed E-state index contributed by atoms with van der Waals surface area (Å²) in [6, 6.07) is 0.752. The summed E-state index contributed by atoms with van der Waals surface area (Å²) in [4.78, 5) is 0. The predicted octanol–water partition coefficient (Wildman–Crippen LogP) is 3.10. The van der Waals surface area contributed by atoms with Crippen molar-refractivity contribution in [1.82, 2.24) is 5.32 Å². The topological polar surface area (TPSA) is 32.3 Å². The molecule has 0 aromatic carbocycles. The van der Waals surface area contributed by atoms with Crippen LogP contribution in [0, 0.1) is 5.92 Å². The van der Waals surface area contributed by atoms with E-state index in [1.807, 2.05) is 6.92 Å². The lowest BCUT2D eigenvalue weighted by atomic mass is 9.83. The van der Waals surface area contributed by atoms with Crippen LogP contribution < -0.4 is 5.32 Å². The smallest absolute Gasteiger partial charge is 0.0512 e. The molecule has 1 aliphatic rings. The molecule has 1 aliphatic carbocycles. The van der Waals surface area contributed by atoms with Gasteiger partial charge in [0.25, 0.3) is 0 Å². The second-order valence-electron chi connectivity index (χ2n) is 5.45. The van der Waals surface area contributed by atoms with Gasteiger partial charge in [-0.1, -0.05) is 19.8 Å². The molecule has 2 N–H and O–H groups in total. The van der Waals surface area contributed by atoms with Gasteiger partial charge in [-0.25, -0.2) is 0 Å². The van der Waals surface area contributed by atoms with Gasteiger partial charge in [-0.3, -0.25) is 0 Å². The van der Waals surface area contributed by atoms with E-state index in [4.69, 9.17) is 5.11 Å². The van der Waals surface area contributed by atoms with Crippen LogP contribution in [0.1, 0.15) is 65.2 Å². The number of nitrogens with one attached hydrogen (secondary N) is 1. The highest BCUT2D eigenvalue weighted by atomic mass is 16.3. The van der Waals surface area contributed by atoms with Crippen molar-refractivity contribution in [2.45, 2.75) is 77.4 Å². The molecule has 2 heteroatoms. The van der Waals surface area contributed by atoms with E-state index in [0.29, 0.717) is 0 Å². The molecule has 1 unspecified atom stereocenters. The van der Waals surface area contributed by atoms with Gasteiger partial charge in [-0.05, 0) is 57.9 Å². The van der Waals surface area contributed by atoms with Crippen molar-refractivity contribution >= 4 is 0 Å². The van der Waals surface area contributed by atoms with Crippen LogP contribution in [0.5, 0.6) is 0 Å². The summed E-state index contributed by atoms with van der Waals surface area (Å²) >= 11 is 0. The third kappa shape index (κ3) is 5.86. The van der Waals surface area contributed by atoms with Crippen LogP contribution in [0.25, 0.3) is 0 Å². The molecular weight excluding hydrogens is 198 g/mol. The second kappa shape index (κ2) is 8.08. The molecular formula is C14H29NO. The Morgan fingerprint density at radius 1 is 1.25 bits per heavy atom. The number of aliphatic hydroxyl groups excluding tert-OH is 1. The van der Waals surface area contributed by atoms with E-state index >= 15 is 0 Å². The molecule has 0 spiro atoms. The van der Waals surface area contributed by atoms with Crippen LogP contribution in [0.15, 0.2) is 0 Å². The summed E-state index contributed by atoms with van der Waals surface area (Å²) in [5, 5.41) is 12.8. The summed E-state index contributed by atoms with van der Waals surface area (Å²) in [6.07, 6.45) is 10.2. The molecule has 0 saturated heterocycles. The first-order valence-corrected chi connectivity index (χ1v) is 7.13. The maximum atomic E-state index is 9.16. The number of hydrogen-bond donors (Lipinski definition) is 2. The third-order valence-corrected chi connectivity index (χ3v) is 3.78. The molecule has 1 saturated carbocycles. The van der Waals surface area contributed by atoms with Crippen LogP contribution in [0.3, 0.4) is 0 Å². The Balaban J connectivity index is 1.99. The molecule has 1 fully saturated rings. The van der Waals surface area contributed by atoms with Crippen molar-refractivity contribution in [3.05, 3.63) is 0 Å². The van der Waals surface area contributed by atoms with Gasteiger partial charge in [0.2, 0.25) is 0 Å². The van der Waals surface area contributed by atoms with Crippen molar-refractivity contribution in [2.24, 2.45) is 5.92 Å². The van der Waals surface area contributed by atoms with E-state index in [9.17, 15) is 0 Å². The summed E-state index contributed by atoms with van der Waals surface area (Å²) in [7, 11) is 0. The molecule has 2 nitrogen and oxygen atoms in total. The highest BCUT2D eigenvalue weighted by Crippen LogP contribution is 2.27. The van der Waals surface area contributed by atoms with Crippen molar-refractivity contribution < 1.29 is 5.11 Å². The minimum absolute atomic E-state index is 0.137. The molecule has 0 bridgehead atoms. The van der Waals surface area contributed by atoms with Crippen LogP contribution in [0.4, 0.5) is 0 Å². The SMILES string of the molecule is CCCC1CCC(NCCCC(C)O)CC1. The Hall–Kier alpha value is -0.0800. The highest BCUT2D eigenvalue weighted by molar-refractivity contribution is 4.76. The lowest BCUT2D eigenvalue weighted by Crippen LogP contribution is -2.34. The van der Waals surface area contributed by atoms with Crippen molar-refractivity contribution in [1.29, 1.82) is 0 Å². The zero-order valence-electron chi connectivity index (χ0n) is 11.0. The quantitative estimate of drug-likeness (QED) is 0.655. The zero-order chi connectivity index (χ0) is 11.8. The average Bonchev–Trinajstić information content (AvgIpc) is 2.27. The van der Waals surface area contributed by atoms with Gasteiger partial charge < -0.3 is 10.4 Å². The van der Waals surface area contributed by atoms with E-state index in [1.54, 1.807) is 0 Å². The molecule has 0 aliphatic heterocycles. The van der Waals surface area contributed by atoms with Crippen molar-refractivity contribution in [2.75, 3.05) is 6.54 Å². The maximum Gasteiger partial charge on any atom is 0.0512 e. The van der Waals surface area contributed by atoms with Crippen LogP contribution in [-0.2, 0) is 0 Å². The number of aliphatic hydroxyl groups is 1. The Bertz CT molecular complexity index is 162. The van der Waals surface area contributed by atoms with Crippen LogP contribution >= 0.6 is 0 Å². The van der Waals surface area contributed by atoms with Gasteiger partial charge in [0.15, 0.2) is 0 Å². The largest absolute Gasteiger partial charge is 0.393 e. The highest BCUT2D eigenvalue weighted by Gasteiger charge is 2.19. The fourth-order valence-electron chi connectivity index (χ4n) is 2.77. The molecule has 96 valence electrons. The van der Waals surface area contributed by atoms with Gasteiger partial charge in [-0.15, -0.1) is 0 Å². The third-order valence-electron chi connectivity index (χ3n) is 3.78. The molecule has 0 amide bonds.